The van der Waals surface area contributed by atoms with Gasteiger partial charge in [-0.2, -0.15) is 18.3 Å². The lowest BCUT2D eigenvalue weighted by Gasteiger charge is -2.16. The maximum absolute atomic E-state index is 13.3. The molecule has 1 aliphatic heterocycles. The van der Waals surface area contributed by atoms with Gasteiger partial charge in [0.25, 0.3) is 0 Å². The number of carbonyl (C=O) groups excluding carboxylic acids is 1. The molecule has 1 aliphatic rings. The second kappa shape index (κ2) is 6.99. The molecule has 0 aliphatic carbocycles. The molecule has 1 amide bonds. The number of halogens is 3. The van der Waals surface area contributed by atoms with Crippen molar-refractivity contribution < 1.29 is 23.1 Å². The van der Waals surface area contributed by atoms with Gasteiger partial charge in [-0.1, -0.05) is 6.58 Å². The fourth-order valence-corrected chi connectivity index (χ4v) is 3.22. The Hall–Kier alpha value is -2.55. The number of benzene rings is 1. The van der Waals surface area contributed by atoms with Crippen LogP contribution in [0.3, 0.4) is 0 Å². The van der Waals surface area contributed by atoms with Crippen LogP contribution in [0.5, 0.6) is 0 Å². The number of fused-ring (bicyclic) bond motifs is 1. The van der Waals surface area contributed by atoms with Crippen molar-refractivity contribution >= 4 is 22.5 Å². The van der Waals surface area contributed by atoms with Gasteiger partial charge in [-0.25, -0.2) is 0 Å². The first-order valence-corrected chi connectivity index (χ1v) is 8.20. The zero-order valence-corrected chi connectivity index (χ0v) is 14.0. The van der Waals surface area contributed by atoms with Gasteiger partial charge in [-0.15, -0.1) is 0 Å². The van der Waals surface area contributed by atoms with Crippen LogP contribution >= 0.6 is 0 Å². The van der Waals surface area contributed by atoms with Crippen LogP contribution in [0.1, 0.15) is 12.1 Å². The van der Waals surface area contributed by atoms with E-state index in [1.807, 2.05) is 0 Å². The first-order valence-electron chi connectivity index (χ1n) is 8.20. The van der Waals surface area contributed by atoms with Crippen LogP contribution in [-0.2, 0) is 17.5 Å². The first-order chi connectivity index (χ1) is 12.3. The van der Waals surface area contributed by atoms with Gasteiger partial charge in [-0.05, 0) is 30.7 Å². The maximum Gasteiger partial charge on any atom is 0.433 e. The molecule has 1 atom stereocenters. The summed E-state index contributed by atoms with van der Waals surface area (Å²) < 4.78 is 40.7. The van der Waals surface area contributed by atoms with Crippen LogP contribution in [0.25, 0.3) is 10.9 Å². The molecule has 26 heavy (non-hydrogen) atoms. The normalized spacial score (nSPS) is 17.7. The van der Waals surface area contributed by atoms with E-state index in [0.29, 0.717) is 18.8 Å². The molecule has 2 aromatic rings. The van der Waals surface area contributed by atoms with Crippen molar-refractivity contribution in [1.82, 2.24) is 14.7 Å². The van der Waals surface area contributed by atoms with Crippen LogP contribution in [0.4, 0.5) is 18.9 Å². The van der Waals surface area contributed by atoms with E-state index in [-0.39, 0.29) is 29.4 Å². The third-order valence-electron chi connectivity index (χ3n) is 4.37. The summed E-state index contributed by atoms with van der Waals surface area (Å²) in [6, 6.07) is 4.51. The molecule has 2 heterocycles. The Bertz CT molecular complexity index is 831. The third kappa shape index (κ3) is 3.52. The van der Waals surface area contributed by atoms with Crippen LogP contribution in [0.15, 0.2) is 30.9 Å². The Morgan fingerprint density at radius 1 is 1.46 bits per heavy atom. The number of alkyl halides is 3. The number of rotatable bonds is 5. The summed E-state index contributed by atoms with van der Waals surface area (Å²) in [6.45, 7) is 3.92. The molecule has 0 spiro atoms. The Morgan fingerprint density at radius 3 is 2.88 bits per heavy atom. The predicted octanol–water partition coefficient (Wildman–Crippen LogP) is 2.25. The summed E-state index contributed by atoms with van der Waals surface area (Å²) in [5.74, 6) is -0.137. The van der Waals surface area contributed by atoms with Crippen LogP contribution in [-0.4, -0.2) is 51.4 Å². The Morgan fingerprint density at radius 2 is 2.23 bits per heavy atom. The number of hydrogen-bond donors (Lipinski definition) is 2. The monoisotopic (exact) mass is 368 g/mol. The summed E-state index contributed by atoms with van der Waals surface area (Å²) in [6.07, 6.45) is -2.55. The SMILES string of the molecule is C=CC(=O)N1CCC(Nc2ccc3c(C(F)(F)F)n(CCO)nc3c2)C1. The number of carbonyl (C=O) groups is 1. The second-order valence-corrected chi connectivity index (χ2v) is 6.14. The molecule has 1 aromatic carbocycles. The number of nitrogens with zero attached hydrogens (tertiary/aromatic N) is 3. The summed E-state index contributed by atoms with van der Waals surface area (Å²) in [5, 5.41) is 16.2. The van der Waals surface area contributed by atoms with E-state index < -0.39 is 18.5 Å². The fourth-order valence-electron chi connectivity index (χ4n) is 3.22. The minimum atomic E-state index is -4.56. The summed E-state index contributed by atoms with van der Waals surface area (Å²) >= 11 is 0. The molecular formula is C17H19F3N4O2. The second-order valence-electron chi connectivity index (χ2n) is 6.14. The standard InChI is InChI=1S/C17H19F3N4O2/c1-2-15(26)23-6-5-12(10-23)21-11-3-4-13-14(9-11)22-24(7-8-25)16(13)17(18,19)20/h2-4,9,12,21,25H,1,5-8,10H2. The van der Waals surface area contributed by atoms with Crippen molar-refractivity contribution in [2.24, 2.45) is 0 Å². The summed E-state index contributed by atoms with van der Waals surface area (Å²) in [5.41, 5.74) is -0.0257. The van der Waals surface area contributed by atoms with E-state index in [4.69, 9.17) is 5.11 Å². The number of amides is 1. The van der Waals surface area contributed by atoms with Crippen molar-refractivity contribution in [2.45, 2.75) is 25.2 Å². The van der Waals surface area contributed by atoms with Crippen molar-refractivity contribution in [3.05, 3.63) is 36.5 Å². The van der Waals surface area contributed by atoms with E-state index in [1.54, 1.807) is 17.0 Å². The van der Waals surface area contributed by atoms with Gasteiger partial charge in [0.2, 0.25) is 5.91 Å². The Balaban J connectivity index is 1.84. The minimum absolute atomic E-state index is 0.00798. The highest BCUT2D eigenvalue weighted by molar-refractivity contribution is 5.87. The molecule has 0 radical (unpaired) electrons. The van der Waals surface area contributed by atoms with Gasteiger partial charge in [0.1, 0.15) is 5.69 Å². The summed E-state index contributed by atoms with van der Waals surface area (Å²) in [4.78, 5) is 13.3. The van der Waals surface area contributed by atoms with Gasteiger partial charge < -0.3 is 15.3 Å². The zero-order valence-electron chi connectivity index (χ0n) is 14.0. The number of hydrogen-bond acceptors (Lipinski definition) is 4. The highest BCUT2D eigenvalue weighted by Gasteiger charge is 2.37. The minimum Gasteiger partial charge on any atom is -0.394 e. The van der Waals surface area contributed by atoms with E-state index in [2.05, 4.69) is 17.0 Å². The molecule has 1 unspecified atom stereocenters. The zero-order chi connectivity index (χ0) is 18.9. The first kappa shape index (κ1) is 18.2. The van der Waals surface area contributed by atoms with Gasteiger partial charge in [0.15, 0.2) is 0 Å². The van der Waals surface area contributed by atoms with Crippen LogP contribution in [0.2, 0.25) is 0 Å². The van der Waals surface area contributed by atoms with Gasteiger partial charge >= 0.3 is 6.18 Å². The number of aliphatic hydroxyl groups excluding tert-OH is 1. The van der Waals surface area contributed by atoms with Crippen molar-refractivity contribution in [3.63, 3.8) is 0 Å². The average Bonchev–Trinajstić information content (AvgIpc) is 3.18. The molecule has 6 nitrogen and oxygen atoms in total. The molecule has 1 fully saturated rings. The quantitative estimate of drug-likeness (QED) is 0.795. The topological polar surface area (TPSA) is 70.4 Å². The Kier molecular flexibility index (Phi) is 4.90. The average molecular weight is 368 g/mol. The number of aromatic nitrogens is 2. The van der Waals surface area contributed by atoms with Gasteiger partial charge in [-0.3, -0.25) is 9.48 Å². The molecule has 2 N–H and O–H groups in total. The summed E-state index contributed by atoms with van der Waals surface area (Å²) in [7, 11) is 0. The lowest BCUT2D eigenvalue weighted by atomic mass is 10.1. The van der Waals surface area contributed by atoms with Gasteiger partial charge in [0.05, 0.1) is 18.7 Å². The molecular weight excluding hydrogens is 349 g/mol. The maximum atomic E-state index is 13.3. The highest BCUT2D eigenvalue weighted by atomic mass is 19.4. The lowest BCUT2D eigenvalue weighted by molar-refractivity contribution is -0.143. The lowest BCUT2D eigenvalue weighted by Crippen LogP contribution is -2.30. The van der Waals surface area contributed by atoms with Crippen molar-refractivity contribution in [3.8, 4) is 0 Å². The highest BCUT2D eigenvalue weighted by Crippen LogP contribution is 2.35. The van der Waals surface area contributed by atoms with E-state index >= 15 is 0 Å². The molecule has 0 bridgehead atoms. The molecule has 1 saturated heterocycles. The molecule has 3 rings (SSSR count). The van der Waals surface area contributed by atoms with E-state index in [9.17, 15) is 18.0 Å². The van der Waals surface area contributed by atoms with Crippen molar-refractivity contribution in [1.29, 1.82) is 0 Å². The molecule has 140 valence electrons. The smallest absolute Gasteiger partial charge is 0.394 e. The molecule has 9 heteroatoms. The van der Waals surface area contributed by atoms with Gasteiger partial charge in [0, 0.05) is 30.2 Å². The third-order valence-corrected chi connectivity index (χ3v) is 4.37. The largest absolute Gasteiger partial charge is 0.433 e. The number of likely N-dealkylation sites (tertiary alicyclic amines) is 1. The number of aliphatic hydroxyl groups is 1. The fraction of sp³-hybridized carbons (Fsp3) is 0.412. The van der Waals surface area contributed by atoms with E-state index in [1.165, 1.54) is 12.1 Å². The van der Waals surface area contributed by atoms with Crippen LogP contribution < -0.4 is 5.32 Å². The number of anilines is 1. The van der Waals surface area contributed by atoms with Crippen LogP contribution in [0, 0.1) is 0 Å². The molecule has 0 saturated carbocycles. The Labute approximate surface area is 147 Å². The van der Waals surface area contributed by atoms with E-state index in [0.717, 1.165) is 11.1 Å². The van der Waals surface area contributed by atoms with Crippen molar-refractivity contribution in [2.75, 3.05) is 25.0 Å². The molecule has 1 aromatic heterocycles. The predicted molar refractivity (Wildman–Crippen MR) is 90.6 cm³/mol. The number of nitrogens with one attached hydrogen (secondary N) is 1.